The van der Waals surface area contributed by atoms with Gasteiger partial charge < -0.3 is 14.2 Å². The smallest absolute Gasteiger partial charge is 0.349 e. The maximum atomic E-state index is 12.0. The van der Waals surface area contributed by atoms with Gasteiger partial charge in [-0.2, -0.15) is 0 Å². The molecule has 0 aromatic heterocycles. The number of carbonyl (C=O) groups excluding carboxylic acids is 2. The predicted octanol–water partition coefficient (Wildman–Crippen LogP) is 2.21. The Morgan fingerprint density at radius 2 is 1.92 bits per heavy atom. The van der Waals surface area contributed by atoms with Gasteiger partial charge in [-0.05, 0) is 51.0 Å². The van der Waals surface area contributed by atoms with Crippen molar-refractivity contribution in [1.29, 1.82) is 0 Å². The predicted molar refractivity (Wildman–Crippen MR) is 85.3 cm³/mol. The van der Waals surface area contributed by atoms with E-state index in [2.05, 4.69) is 10.2 Å². The molecule has 0 saturated carbocycles. The number of rotatable bonds is 6. The van der Waals surface area contributed by atoms with E-state index in [1.54, 1.807) is 38.1 Å². The zero-order valence-electron chi connectivity index (χ0n) is 14.2. The molecule has 7 nitrogen and oxygen atoms in total. The molecule has 1 aliphatic rings. The minimum Gasteiger partial charge on any atom is -0.476 e. The molecule has 0 radical (unpaired) electrons. The van der Waals surface area contributed by atoms with Crippen LogP contribution in [0.5, 0.6) is 5.75 Å². The van der Waals surface area contributed by atoms with Crippen LogP contribution in [0.25, 0.3) is 0 Å². The van der Waals surface area contributed by atoms with E-state index in [0.717, 1.165) is 19.3 Å². The van der Waals surface area contributed by atoms with Crippen LogP contribution in [0.4, 0.5) is 0 Å². The van der Waals surface area contributed by atoms with E-state index < -0.39 is 17.9 Å². The largest absolute Gasteiger partial charge is 0.476 e. The van der Waals surface area contributed by atoms with Crippen LogP contribution in [-0.2, 0) is 19.1 Å². The fourth-order valence-electron chi connectivity index (χ4n) is 2.24. The Hall–Kier alpha value is -2.12. The van der Waals surface area contributed by atoms with Crippen molar-refractivity contribution in [2.75, 3.05) is 13.7 Å². The van der Waals surface area contributed by atoms with E-state index in [9.17, 15) is 9.59 Å². The van der Waals surface area contributed by atoms with Crippen LogP contribution in [0.1, 0.15) is 43.5 Å². The number of hydrogen-bond acceptors (Lipinski definition) is 6. The molecule has 1 unspecified atom stereocenters. The molecule has 1 heterocycles. The molecule has 1 amide bonds. The summed E-state index contributed by atoms with van der Waals surface area (Å²) in [5.74, 6) is -0.397. The average Bonchev–Trinajstić information content (AvgIpc) is 2.60. The number of carbonyl (C=O) groups is 2. The standard InChI is InChI=1S/C17H23NO6/c1-17(2,16(20)21-3)23-13-9-7-12(8-10-13)15(19)18-24-14-6-4-5-11-22-14/h7-10,14H,4-6,11H2,1-3H3,(H,18,19). The van der Waals surface area contributed by atoms with Crippen molar-refractivity contribution >= 4 is 11.9 Å². The summed E-state index contributed by atoms with van der Waals surface area (Å²) < 4.78 is 15.6. The van der Waals surface area contributed by atoms with Crippen molar-refractivity contribution in [2.24, 2.45) is 0 Å². The normalized spacial score (nSPS) is 17.9. The number of hydroxylamine groups is 1. The van der Waals surface area contributed by atoms with Gasteiger partial charge in [-0.25, -0.2) is 15.1 Å². The van der Waals surface area contributed by atoms with Crippen LogP contribution >= 0.6 is 0 Å². The zero-order valence-corrected chi connectivity index (χ0v) is 14.2. The minimum atomic E-state index is -1.11. The van der Waals surface area contributed by atoms with E-state index in [4.69, 9.17) is 14.3 Å². The molecule has 1 saturated heterocycles. The van der Waals surface area contributed by atoms with Gasteiger partial charge in [-0.1, -0.05) is 0 Å². The Kier molecular flexibility index (Phi) is 6.16. The van der Waals surface area contributed by atoms with E-state index in [0.29, 0.717) is 17.9 Å². The molecule has 132 valence electrons. The topological polar surface area (TPSA) is 83.1 Å². The molecule has 1 aromatic rings. The third-order valence-electron chi connectivity index (χ3n) is 3.59. The first-order chi connectivity index (χ1) is 11.4. The van der Waals surface area contributed by atoms with Crippen molar-refractivity contribution in [1.82, 2.24) is 5.48 Å². The number of amides is 1. The fraction of sp³-hybridized carbons (Fsp3) is 0.529. The van der Waals surface area contributed by atoms with Crippen LogP contribution in [0.2, 0.25) is 0 Å². The molecule has 1 atom stereocenters. The van der Waals surface area contributed by atoms with E-state index >= 15 is 0 Å². The van der Waals surface area contributed by atoms with Crippen molar-refractivity contribution in [3.8, 4) is 5.75 Å². The second-order valence-electron chi connectivity index (χ2n) is 5.97. The van der Waals surface area contributed by atoms with E-state index in [-0.39, 0.29) is 5.91 Å². The number of nitrogens with one attached hydrogen (secondary N) is 1. The Balaban J connectivity index is 1.88. The van der Waals surface area contributed by atoms with Crippen LogP contribution in [0, 0.1) is 0 Å². The lowest BCUT2D eigenvalue weighted by Gasteiger charge is -2.23. The van der Waals surface area contributed by atoms with Crippen molar-refractivity contribution in [2.45, 2.75) is 45.0 Å². The van der Waals surface area contributed by atoms with Crippen LogP contribution in [-0.4, -0.2) is 37.5 Å². The van der Waals surface area contributed by atoms with Gasteiger partial charge in [0.2, 0.25) is 0 Å². The third kappa shape index (κ3) is 4.94. The van der Waals surface area contributed by atoms with Gasteiger partial charge in [-0.3, -0.25) is 4.79 Å². The first kappa shape index (κ1) is 18.2. The highest BCUT2D eigenvalue weighted by molar-refractivity contribution is 5.93. The molecule has 0 aliphatic carbocycles. The summed E-state index contributed by atoms with van der Waals surface area (Å²) in [6, 6.07) is 6.39. The average molecular weight is 337 g/mol. The Bertz CT molecular complexity index is 563. The Labute approximate surface area is 141 Å². The molecule has 1 aliphatic heterocycles. The SMILES string of the molecule is COC(=O)C(C)(C)Oc1ccc(C(=O)NOC2CCCCO2)cc1. The third-order valence-corrected chi connectivity index (χ3v) is 3.59. The first-order valence-electron chi connectivity index (χ1n) is 7.87. The highest BCUT2D eigenvalue weighted by Crippen LogP contribution is 2.20. The molecule has 0 bridgehead atoms. The van der Waals surface area contributed by atoms with E-state index in [1.165, 1.54) is 7.11 Å². The number of esters is 1. The first-order valence-corrected chi connectivity index (χ1v) is 7.87. The second kappa shape index (κ2) is 8.12. The van der Waals surface area contributed by atoms with Crippen molar-refractivity contribution in [3.63, 3.8) is 0 Å². The molecule has 24 heavy (non-hydrogen) atoms. The van der Waals surface area contributed by atoms with Gasteiger partial charge >= 0.3 is 5.97 Å². The molecule has 7 heteroatoms. The summed E-state index contributed by atoms with van der Waals surface area (Å²) in [7, 11) is 1.30. The summed E-state index contributed by atoms with van der Waals surface area (Å²) in [5, 5.41) is 0. The minimum absolute atomic E-state index is 0.372. The number of methoxy groups -OCH3 is 1. The van der Waals surface area contributed by atoms with Crippen molar-refractivity contribution in [3.05, 3.63) is 29.8 Å². The maximum Gasteiger partial charge on any atom is 0.349 e. The van der Waals surface area contributed by atoms with Crippen molar-refractivity contribution < 1.29 is 28.6 Å². The van der Waals surface area contributed by atoms with Gasteiger partial charge in [0.25, 0.3) is 5.91 Å². The van der Waals surface area contributed by atoms with Gasteiger partial charge in [0, 0.05) is 18.6 Å². The zero-order chi connectivity index (χ0) is 17.6. The number of ether oxygens (including phenoxy) is 3. The summed E-state index contributed by atoms with van der Waals surface area (Å²) in [4.78, 5) is 28.9. The summed E-state index contributed by atoms with van der Waals surface area (Å²) in [6.07, 6.45) is 2.39. The molecule has 0 spiro atoms. The lowest BCUT2D eigenvalue weighted by Crippen LogP contribution is -2.39. The molecule has 1 N–H and O–H groups in total. The second-order valence-corrected chi connectivity index (χ2v) is 5.97. The number of hydrogen-bond donors (Lipinski definition) is 1. The lowest BCUT2D eigenvalue weighted by atomic mass is 10.1. The van der Waals surface area contributed by atoms with Gasteiger partial charge in [0.15, 0.2) is 11.9 Å². The fourth-order valence-corrected chi connectivity index (χ4v) is 2.24. The van der Waals surface area contributed by atoms with Gasteiger partial charge in [0.1, 0.15) is 5.75 Å². The van der Waals surface area contributed by atoms with Crippen LogP contribution in [0.3, 0.4) is 0 Å². The molecule has 1 aromatic carbocycles. The van der Waals surface area contributed by atoms with E-state index in [1.807, 2.05) is 0 Å². The Morgan fingerprint density at radius 1 is 1.21 bits per heavy atom. The Morgan fingerprint density at radius 3 is 2.50 bits per heavy atom. The molecular weight excluding hydrogens is 314 g/mol. The van der Waals surface area contributed by atoms with Gasteiger partial charge in [-0.15, -0.1) is 0 Å². The monoisotopic (exact) mass is 337 g/mol. The number of benzene rings is 1. The van der Waals surface area contributed by atoms with Gasteiger partial charge in [0.05, 0.1) is 7.11 Å². The van der Waals surface area contributed by atoms with Crippen LogP contribution < -0.4 is 10.2 Å². The molecule has 2 rings (SSSR count). The summed E-state index contributed by atoms with van der Waals surface area (Å²) in [6.45, 7) is 3.86. The maximum absolute atomic E-state index is 12.0. The molecular formula is C17H23NO6. The summed E-state index contributed by atoms with van der Waals surface area (Å²) in [5.41, 5.74) is 1.68. The molecule has 1 fully saturated rings. The quantitative estimate of drug-likeness (QED) is 0.633. The lowest BCUT2D eigenvalue weighted by molar-refractivity contribution is -0.186. The highest BCUT2D eigenvalue weighted by atomic mass is 16.8. The highest BCUT2D eigenvalue weighted by Gasteiger charge is 2.31. The van der Waals surface area contributed by atoms with Crippen LogP contribution in [0.15, 0.2) is 24.3 Å². The summed E-state index contributed by atoms with van der Waals surface area (Å²) >= 11 is 0.